The van der Waals surface area contributed by atoms with Crippen molar-refractivity contribution in [2.75, 3.05) is 54.5 Å². The zero-order valence-electron chi connectivity index (χ0n) is 14.9. The minimum absolute atomic E-state index is 0.168. The van der Waals surface area contributed by atoms with E-state index in [2.05, 4.69) is 31.2 Å². The normalized spacial score (nSPS) is 19.8. The first kappa shape index (κ1) is 17.5. The molecule has 1 N–H and O–H groups in total. The van der Waals surface area contributed by atoms with E-state index in [-0.39, 0.29) is 6.04 Å². The number of rotatable bonds is 4. The molecule has 1 unspecified atom stereocenters. The maximum absolute atomic E-state index is 13.4. The van der Waals surface area contributed by atoms with Gasteiger partial charge in [-0.05, 0) is 30.7 Å². The number of anilines is 3. The molecule has 8 heteroatoms. The molecule has 2 saturated heterocycles. The van der Waals surface area contributed by atoms with E-state index in [0.29, 0.717) is 31.3 Å². The molecular weight excluding hydrogens is 347 g/mol. The molecule has 0 amide bonds. The highest BCUT2D eigenvalue weighted by Crippen LogP contribution is 2.26. The number of nitrogens with one attached hydrogen (secondary N) is 1. The predicted octanol–water partition coefficient (Wildman–Crippen LogP) is 2.01. The topological polar surface area (TPSA) is 77.3 Å². The molecule has 1 atom stereocenters. The second-order valence-corrected chi connectivity index (χ2v) is 6.69. The quantitative estimate of drug-likeness (QED) is 0.885. The van der Waals surface area contributed by atoms with Gasteiger partial charge >= 0.3 is 0 Å². The Morgan fingerprint density at radius 3 is 2.85 bits per heavy atom. The monoisotopic (exact) mass is 368 g/mol. The van der Waals surface area contributed by atoms with E-state index in [0.717, 1.165) is 37.6 Å². The molecule has 0 spiro atoms. The lowest BCUT2D eigenvalue weighted by atomic mass is 10.1. The van der Waals surface area contributed by atoms with Crippen molar-refractivity contribution in [3.8, 4) is 6.07 Å². The van der Waals surface area contributed by atoms with Crippen LogP contribution in [0.2, 0.25) is 0 Å². The van der Waals surface area contributed by atoms with E-state index in [1.165, 1.54) is 12.1 Å². The van der Waals surface area contributed by atoms with Crippen LogP contribution in [0.5, 0.6) is 0 Å². The van der Waals surface area contributed by atoms with Crippen LogP contribution in [0.15, 0.2) is 30.5 Å². The van der Waals surface area contributed by atoms with Crippen LogP contribution in [-0.2, 0) is 4.74 Å². The second-order valence-electron chi connectivity index (χ2n) is 6.69. The lowest BCUT2D eigenvalue weighted by Crippen LogP contribution is -2.37. The number of ether oxygens (including phenoxy) is 1. The molecule has 140 valence electrons. The SMILES string of the molecule is N#Cc1cc(F)ccc1N1CCC(Nc2nccc(N3CCOCC3)n2)C1. The lowest BCUT2D eigenvalue weighted by Gasteiger charge is -2.28. The van der Waals surface area contributed by atoms with Crippen LogP contribution in [-0.4, -0.2) is 55.4 Å². The van der Waals surface area contributed by atoms with Crippen LogP contribution >= 0.6 is 0 Å². The van der Waals surface area contributed by atoms with E-state index >= 15 is 0 Å². The molecule has 7 nitrogen and oxygen atoms in total. The first-order valence-electron chi connectivity index (χ1n) is 9.10. The summed E-state index contributed by atoms with van der Waals surface area (Å²) in [6.07, 6.45) is 2.66. The first-order valence-corrected chi connectivity index (χ1v) is 9.10. The molecule has 2 aliphatic rings. The van der Waals surface area contributed by atoms with Gasteiger partial charge in [-0.1, -0.05) is 0 Å². The van der Waals surface area contributed by atoms with Gasteiger partial charge in [0.05, 0.1) is 24.5 Å². The van der Waals surface area contributed by atoms with Crippen molar-refractivity contribution in [2.24, 2.45) is 0 Å². The van der Waals surface area contributed by atoms with Crippen LogP contribution in [0, 0.1) is 17.1 Å². The molecule has 2 aliphatic heterocycles. The summed E-state index contributed by atoms with van der Waals surface area (Å²) in [7, 11) is 0. The number of nitriles is 1. The largest absolute Gasteiger partial charge is 0.378 e. The van der Waals surface area contributed by atoms with Gasteiger partial charge in [0.15, 0.2) is 0 Å². The van der Waals surface area contributed by atoms with E-state index < -0.39 is 5.82 Å². The number of nitrogens with zero attached hydrogens (tertiary/aromatic N) is 5. The van der Waals surface area contributed by atoms with E-state index in [1.54, 1.807) is 12.3 Å². The molecule has 3 heterocycles. The highest BCUT2D eigenvalue weighted by Gasteiger charge is 2.25. The predicted molar refractivity (Wildman–Crippen MR) is 100 cm³/mol. The average molecular weight is 368 g/mol. The van der Waals surface area contributed by atoms with Gasteiger partial charge in [-0.25, -0.2) is 9.37 Å². The molecule has 1 aromatic heterocycles. The maximum Gasteiger partial charge on any atom is 0.224 e. The van der Waals surface area contributed by atoms with Gasteiger partial charge < -0.3 is 19.9 Å². The zero-order chi connectivity index (χ0) is 18.6. The highest BCUT2D eigenvalue weighted by molar-refractivity contribution is 5.60. The van der Waals surface area contributed by atoms with Crippen molar-refractivity contribution < 1.29 is 9.13 Å². The summed E-state index contributed by atoms with van der Waals surface area (Å²) in [6.45, 7) is 4.59. The number of halogens is 1. The van der Waals surface area contributed by atoms with Crippen molar-refractivity contribution in [1.29, 1.82) is 5.26 Å². The smallest absolute Gasteiger partial charge is 0.224 e. The van der Waals surface area contributed by atoms with Crippen molar-refractivity contribution in [3.63, 3.8) is 0 Å². The van der Waals surface area contributed by atoms with Gasteiger partial charge in [0, 0.05) is 38.4 Å². The summed E-state index contributed by atoms with van der Waals surface area (Å²) in [6, 6.07) is 8.51. The Labute approximate surface area is 157 Å². The summed E-state index contributed by atoms with van der Waals surface area (Å²) >= 11 is 0. The first-order chi connectivity index (χ1) is 13.2. The molecule has 27 heavy (non-hydrogen) atoms. The van der Waals surface area contributed by atoms with Crippen molar-refractivity contribution in [2.45, 2.75) is 12.5 Å². The molecule has 0 bridgehead atoms. The van der Waals surface area contributed by atoms with Crippen molar-refractivity contribution in [3.05, 3.63) is 41.8 Å². The Balaban J connectivity index is 1.42. The van der Waals surface area contributed by atoms with Crippen molar-refractivity contribution in [1.82, 2.24) is 9.97 Å². The van der Waals surface area contributed by atoms with Crippen LogP contribution in [0.1, 0.15) is 12.0 Å². The van der Waals surface area contributed by atoms with Crippen molar-refractivity contribution >= 4 is 17.5 Å². The second kappa shape index (κ2) is 7.76. The molecule has 0 saturated carbocycles. The Morgan fingerprint density at radius 2 is 2.04 bits per heavy atom. The van der Waals surface area contributed by atoms with Gasteiger partial charge in [-0.2, -0.15) is 10.2 Å². The fourth-order valence-electron chi connectivity index (χ4n) is 3.54. The summed E-state index contributed by atoms with van der Waals surface area (Å²) in [4.78, 5) is 13.3. The van der Waals surface area contributed by atoms with Crippen LogP contribution in [0.4, 0.5) is 21.8 Å². The van der Waals surface area contributed by atoms with E-state index in [4.69, 9.17) is 4.74 Å². The third-order valence-corrected chi connectivity index (χ3v) is 4.92. The number of hydrogen-bond donors (Lipinski definition) is 1. The number of benzene rings is 1. The standard InChI is InChI=1S/C19H21FN6O/c20-15-1-2-17(14(11-15)12-21)26-6-4-16(13-26)23-19-22-5-3-18(24-19)25-7-9-27-10-8-25/h1-3,5,11,16H,4,6-10,13H2,(H,22,23,24). The fraction of sp³-hybridized carbons (Fsp3) is 0.421. The Hall–Kier alpha value is -2.92. The minimum atomic E-state index is -0.391. The van der Waals surface area contributed by atoms with Crippen LogP contribution in [0.25, 0.3) is 0 Å². The third-order valence-electron chi connectivity index (χ3n) is 4.92. The van der Waals surface area contributed by atoms with Gasteiger partial charge in [-0.3, -0.25) is 0 Å². The van der Waals surface area contributed by atoms with Gasteiger partial charge in [-0.15, -0.1) is 0 Å². The molecule has 2 aromatic rings. The highest BCUT2D eigenvalue weighted by atomic mass is 19.1. The molecule has 0 aliphatic carbocycles. The summed E-state index contributed by atoms with van der Waals surface area (Å²) in [5.74, 6) is 1.11. The number of morpholine rings is 1. The summed E-state index contributed by atoms with van der Waals surface area (Å²) in [5, 5.41) is 12.7. The van der Waals surface area contributed by atoms with Gasteiger partial charge in [0.1, 0.15) is 17.7 Å². The molecular formula is C19H21FN6O. The number of aromatic nitrogens is 2. The Morgan fingerprint density at radius 1 is 1.19 bits per heavy atom. The summed E-state index contributed by atoms with van der Waals surface area (Å²) in [5.41, 5.74) is 1.13. The Bertz CT molecular complexity index is 848. The van der Waals surface area contributed by atoms with Gasteiger partial charge in [0.2, 0.25) is 5.95 Å². The molecule has 4 rings (SSSR count). The fourth-order valence-corrected chi connectivity index (χ4v) is 3.54. The molecule has 1 aromatic carbocycles. The summed E-state index contributed by atoms with van der Waals surface area (Å²) < 4.78 is 18.8. The zero-order valence-corrected chi connectivity index (χ0v) is 14.9. The van der Waals surface area contributed by atoms with E-state index in [9.17, 15) is 9.65 Å². The Kier molecular flexibility index (Phi) is 5.03. The van der Waals surface area contributed by atoms with E-state index in [1.807, 2.05) is 6.07 Å². The molecule has 2 fully saturated rings. The lowest BCUT2D eigenvalue weighted by molar-refractivity contribution is 0.122. The van der Waals surface area contributed by atoms with Crippen LogP contribution < -0.4 is 15.1 Å². The maximum atomic E-state index is 13.4. The van der Waals surface area contributed by atoms with Crippen LogP contribution in [0.3, 0.4) is 0 Å². The minimum Gasteiger partial charge on any atom is -0.378 e. The van der Waals surface area contributed by atoms with Gasteiger partial charge in [0.25, 0.3) is 0 Å². The molecule has 0 radical (unpaired) electrons. The average Bonchev–Trinajstić information content (AvgIpc) is 3.17. The number of hydrogen-bond acceptors (Lipinski definition) is 7. The third kappa shape index (κ3) is 3.93.